The van der Waals surface area contributed by atoms with Crippen LogP contribution in [0.3, 0.4) is 0 Å². The van der Waals surface area contributed by atoms with Crippen LogP contribution < -0.4 is 5.32 Å². The van der Waals surface area contributed by atoms with Crippen LogP contribution in [0.5, 0.6) is 0 Å². The molecule has 1 aromatic carbocycles. The second kappa shape index (κ2) is 7.97. The van der Waals surface area contributed by atoms with Gasteiger partial charge < -0.3 is 10.1 Å². The molecule has 6 nitrogen and oxygen atoms in total. The summed E-state index contributed by atoms with van der Waals surface area (Å²) in [4.78, 5) is 25.4. The Morgan fingerprint density at radius 3 is 2.69 bits per heavy atom. The summed E-state index contributed by atoms with van der Waals surface area (Å²) in [6.07, 6.45) is 3.39. The van der Waals surface area contributed by atoms with E-state index in [-0.39, 0.29) is 11.9 Å². The molecule has 1 N–H and O–H groups in total. The van der Waals surface area contributed by atoms with Gasteiger partial charge in [-0.3, -0.25) is 9.48 Å². The van der Waals surface area contributed by atoms with Crippen LogP contribution in [-0.4, -0.2) is 28.3 Å². The van der Waals surface area contributed by atoms with E-state index in [0.29, 0.717) is 16.5 Å². The van der Waals surface area contributed by atoms with Crippen molar-refractivity contribution in [2.75, 3.05) is 11.9 Å². The van der Waals surface area contributed by atoms with Crippen LogP contribution in [0, 0.1) is 6.92 Å². The van der Waals surface area contributed by atoms with E-state index in [1.165, 1.54) is 11.3 Å². The normalized spacial score (nSPS) is 11.8. The summed E-state index contributed by atoms with van der Waals surface area (Å²) < 4.78 is 6.66. The Morgan fingerprint density at radius 2 is 2.04 bits per heavy atom. The molecular weight excluding hydrogens is 350 g/mol. The molecule has 0 saturated carbocycles. The minimum Gasteiger partial charge on any atom is -0.462 e. The first-order chi connectivity index (χ1) is 12.6. The molecule has 0 bridgehead atoms. The monoisotopic (exact) mass is 369 g/mol. The molecule has 1 unspecified atom stereocenters. The van der Waals surface area contributed by atoms with Gasteiger partial charge in [0.1, 0.15) is 4.88 Å². The van der Waals surface area contributed by atoms with Crippen molar-refractivity contribution in [1.82, 2.24) is 9.78 Å². The molecule has 3 aromatic rings. The van der Waals surface area contributed by atoms with E-state index in [4.69, 9.17) is 4.74 Å². The van der Waals surface area contributed by atoms with Gasteiger partial charge in [-0.2, -0.15) is 5.10 Å². The molecule has 0 aliphatic carbocycles. The highest BCUT2D eigenvalue weighted by Crippen LogP contribution is 2.29. The number of aromatic nitrogens is 2. The van der Waals surface area contributed by atoms with Gasteiger partial charge in [0, 0.05) is 12.4 Å². The number of carbonyl (C=O) groups excluding carboxylic acids is 2. The van der Waals surface area contributed by atoms with Gasteiger partial charge in [0.25, 0.3) is 5.91 Å². The molecule has 7 heteroatoms. The minimum atomic E-state index is -0.598. The highest BCUT2D eigenvalue weighted by atomic mass is 32.1. The average Bonchev–Trinajstić information content (AvgIpc) is 3.26. The van der Waals surface area contributed by atoms with Gasteiger partial charge in [0.15, 0.2) is 6.04 Å². The van der Waals surface area contributed by atoms with Crippen molar-refractivity contribution in [3.8, 4) is 0 Å². The first-order valence-corrected chi connectivity index (χ1v) is 9.04. The smallest absolute Gasteiger partial charge is 0.348 e. The third kappa shape index (κ3) is 3.83. The summed E-state index contributed by atoms with van der Waals surface area (Å²) in [6.45, 7) is 3.89. The predicted molar refractivity (Wildman–Crippen MR) is 100 cm³/mol. The highest BCUT2D eigenvalue weighted by molar-refractivity contribution is 7.18. The van der Waals surface area contributed by atoms with Crippen molar-refractivity contribution in [1.29, 1.82) is 0 Å². The summed E-state index contributed by atoms with van der Waals surface area (Å²) in [5.74, 6) is -0.598. The molecule has 0 saturated heterocycles. The molecule has 0 aliphatic heterocycles. The fraction of sp³-hybridized carbons (Fsp3) is 0.211. The Kier molecular flexibility index (Phi) is 5.48. The molecule has 1 amide bonds. The number of benzene rings is 1. The zero-order valence-electron chi connectivity index (χ0n) is 14.5. The fourth-order valence-electron chi connectivity index (χ4n) is 2.63. The fourth-order valence-corrected chi connectivity index (χ4v) is 3.60. The molecule has 0 aliphatic rings. The first-order valence-electron chi connectivity index (χ1n) is 8.22. The molecular formula is C19H19N3O3S. The maximum Gasteiger partial charge on any atom is 0.348 e. The van der Waals surface area contributed by atoms with E-state index in [1.54, 1.807) is 36.1 Å². The van der Waals surface area contributed by atoms with E-state index in [1.807, 2.05) is 37.3 Å². The third-order valence-corrected chi connectivity index (χ3v) is 4.91. The molecule has 26 heavy (non-hydrogen) atoms. The molecule has 134 valence electrons. The van der Waals surface area contributed by atoms with E-state index in [2.05, 4.69) is 10.4 Å². The molecule has 2 aromatic heterocycles. The van der Waals surface area contributed by atoms with Gasteiger partial charge in [-0.05, 0) is 37.1 Å². The van der Waals surface area contributed by atoms with Crippen LogP contribution in [0.2, 0.25) is 0 Å². The number of anilines is 1. The van der Waals surface area contributed by atoms with Crippen molar-refractivity contribution in [2.45, 2.75) is 19.9 Å². The van der Waals surface area contributed by atoms with Crippen LogP contribution in [0.25, 0.3) is 0 Å². The van der Waals surface area contributed by atoms with Crippen molar-refractivity contribution in [2.24, 2.45) is 0 Å². The quantitative estimate of drug-likeness (QED) is 0.673. The van der Waals surface area contributed by atoms with Crippen molar-refractivity contribution in [3.63, 3.8) is 0 Å². The van der Waals surface area contributed by atoms with Gasteiger partial charge in [-0.25, -0.2) is 4.79 Å². The van der Waals surface area contributed by atoms with Crippen LogP contribution in [0.1, 0.15) is 33.8 Å². The van der Waals surface area contributed by atoms with Crippen molar-refractivity contribution < 1.29 is 14.3 Å². The van der Waals surface area contributed by atoms with Crippen LogP contribution in [0.4, 0.5) is 5.00 Å². The second-order valence-electron chi connectivity index (χ2n) is 5.63. The number of nitrogens with one attached hydrogen (secondary N) is 1. The molecule has 1 atom stereocenters. The molecule has 0 spiro atoms. The van der Waals surface area contributed by atoms with Crippen molar-refractivity contribution >= 4 is 28.2 Å². The zero-order chi connectivity index (χ0) is 18.5. The van der Waals surface area contributed by atoms with Crippen LogP contribution in [-0.2, 0) is 9.53 Å². The number of hydrogen-bond donors (Lipinski definition) is 1. The average molecular weight is 369 g/mol. The number of esters is 1. The minimum absolute atomic E-state index is 0.225. The first kappa shape index (κ1) is 17.9. The summed E-state index contributed by atoms with van der Waals surface area (Å²) >= 11 is 1.21. The maximum absolute atomic E-state index is 12.9. The number of hydrogen-bond acceptors (Lipinski definition) is 5. The summed E-state index contributed by atoms with van der Waals surface area (Å²) in [6, 6.07) is 12.4. The molecule has 0 radical (unpaired) electrons. The Labute approximate surface area is 155 Å². The van der Waals surface area contributed by atoms with Crippen LogP contribution in [0.15, 0.2) is 54.9 Å². The van der Waals surface area contributed by atoms with Gasteiger partial charge in [0.2, 0.25) is 0 Å². The number of rotatable bonds is 6. The van der Waals surface area contributed by atoms with E-state index >= 15 is 0 Å². The Bertz CT molecular complexity index is 888. The number of nitrogens with zero attached hydrogens (tertiary/aromatic N) is 2. The van der Waals surface area contributed by atoms with E-state index < -0.39 is 6.04 Å². The van der Waals surface area contributed by atoms with Crippen LogP contribution >= 0.6 is 11.3 Å². The lowest BCUT2D eigenvalue weighted by Crippen LogP contribution is -2.27. The highest BCUT2D eigenvalue weighted by Gasteiger charge is 2.24. The number of amides is 1. The van der Waals surface area contributed by atoms with Gasteiger partial charge in [-0.15, -0.1) is 11.3 Å². The molecule has 2 heterocycles. The number of carbonyl (C=O) groups is 2. The summed E-state index contributed by atoms with van der Waals surface area (Å²) in [5, 5.41) is 7.71. The Morgan fingerprint density at radius 1 is 1.27 bits per heavy atom. The summed E-state index contributed by atoms with van der Waals surface area (Å²) in [5.41, 5.74) is 1.60. The van der Waals surface area contributed by atoms with Crippen molar-refractivity contribution in [3.05, 3.63) is 70.9 Å². The second-order valence-corrected chi connectivity index (χ2v) is 6.68. The third-order valence-electron chi connectivity index (χ3n) is 3.78. The van der Waals surface area contributed by atoms with Gasteiger partial charge in [0.05, 0.1) is 11.6 Å². The lowest BCUT2D eigenvalue weighted by Gasteiger charge is -2.17. The molecule has 3 rings (SSSR count). The van der Waals surface area contributed by atoms with E-state index in [0.717, 1.165) is 11.1 Å². The largest absolute Gasteiger partial charge is 0.462 e. The zero-order valence-corrected chi connectivity index (χ0v) is 15.3. The molecule has 0 fully saturated rings. The number of thiophene rings is 1. The lowest BCUT2D eigenvalue weighted by molar-refractivity contribution is -0.118. The number of aryl methyl sites for hydroxylation is 1. The van der Waals surface area contributed by atoms with Gasteiger partial charge in [-0.1, -0.05) is 30.3 Å². The lowest BCUT2D eigenvalue weighted by atomic mass is 10.1. The Hall–Kier alpha value is -2.93. The number of ether oxygens (including phenoxy) is 1. The standard InChI is InChI=1S/C19H19N3O3S/c1-3-25-19(24)17-13(2)12-15(26-17)21-18(23)16(22-11-7-10-20-22)14-8-5-4-6-9-14/h4-12,16H,3H2,1-2H3,(H,21,23). The van der Waals surface area contributed by atoms with Gasteiger partial charge >= 0.3 is 5.97 Å². The SMILES string of the molecule is CCOC(=O)c1sc(NC(=O)C(c2ccccc2)n2cccn2)cc1C. The summed E-state index contributed by atoms with van der Waals surface area (Å²) in [7, 11) is 0. The maximum atomic E-state index is 12.9. The van der Waals surface area contributed by atoms with E-state index in [9.17, 15) is 9.59 Å². The predicted octanol–water partition coefficient (Wildman–Crippen LogP) is 3.66. The topological polar surface area (TPSA) is 73.2 Å². The Balaban J connectivity index is 1.85.